The Kier molecular flexibility index (Phi) is 6.31. The average Bonchev–Trinajstić information content (AvgIpc) is 3.02. The van der Waals surface area contributed by atoms with E-state index in [1.807, 2.05) is 30.3 Å². The minimum absolute atomic E-state index is 0.0178. The molecule has 0 spiro atoms. The van der Waals surface area contributed by atoms with Crippen LogP contribution in [0.2, 0.25) is 0 Å². The fourth-order valence-corrected chi connectivity index (χ4v) is 5.17. The number of carbonyl (C=O) groups is 1. The zero-order valence-corrected chi connectivity index (χ0v) is 17.6. The molecule has 1 saturated heterocycles. The van der Waals surface area contributed by atoms with Crippen LogP contribution in [0.5, 0.6) is 5.75 Å². The largest absolute Gasteiger partial charge is 0.488 e. The van der Waals surface area contributed by atoms with Crippen LogP contribution in [0.1, 0.15) is 43.2 Å². The highest BCUT2D eigenvalue weighted by Crippen LogP contribution is 2.38. The summed E-state index contributed by atoms with van der Waals surface area (Å²) in [6, 6.07) is 14.2. The molecule has 6 heteroatoms. The molecule has 29 heavy (non-hydrogen) atoms. The van der Waals surface area contributed by atoms with Gasteiger partial charge in [-0.25, -0.2) is 4.39 Å². The van der Waals surface area contributed by atoms with Crippen molar-refractivity contribution in [2.45, 2.75) is 44.8 Å². The van der Waals surface area contributed by atoms with Crippen LogP contribution in [0.25, 0.3) is 6.08 Å². The number of para-hydroxylation sites is 1. The molecule has 0 aromatic heterocycles. The molecule has 0 unspecified atom stereocenters. The highest BCUT2D eigenvalue weighted by atomic mass is 32.2. The Hall–Kier alpha value is -2.18. The highest BCUT2D eigenvalue weighted by Gasteiger charge is 2.37. The lowest BCUT2D eigenvalue weighted by Crippen LogP contribution is -2.39. The van der Waals surface area contributed by atoms with Crippen molar-refractivity contribution in [1.29, 1.82) is 0 Å². The summed E-state index contributed by atoms with van der Waals surface area (Å²) in [5.41, 5.74) is 1.28. The molecule has 0 radical (unpaired) electrons. The van der Waals surface area contributed by atoms with Crippen LogP contribution in [-0.4, -0.2) is 21.2 Å². The maximum atomic E-state index is 13.9. The first-order valence-electron chi connectivity index (χ1n) is 9.86. The lowest BCUT2D eigenvalue weighted by atomic mass is 9.94. The Balaban J connectivity index is 1.53. The van der Waals surface area contributed by atoms with Crippen LogP contribution in [0.15, 0.2) is 53.4 Å². The fraction of sp³-hybridized carbons (Fsp3) is 0.304. The van der Waals surface area contributed by atoms with E-state index in [1.54, 1.807) is 23.1 Å². The van der Waals surface area contributed by atoms with Crippen LogP contribution in [0.3, 0.4) is 0 Å². The summed E-state index contributed by atoms with van der Waals surface area (Å²) in [5, 5.41) is 0. The monoisotopic (exact) mass is 427 g/mol. The second-order valence-corrected chi connectivity index (χ2v) is 8.94. The van der Waals surface area contributed by atoms with Crippen molar-refractivity contribution in [2.24, 2.45) is 0 Å². The molecule has 1 amide bonds. The van der Waals surface area contributed by atoms with E-state index in [0.29, 0.717) is 20.5 Å². The first-order valence-corrected chi connectivity index (χ1v) is 11.1. The number of thioether (sulfide) groups is 1. The molecule has 4 rings (SSSR count). The van der Waals surface area contributed by atoms with E-state index >= 15 is 0 Å². The van der Waals surface area contributed by atoms with Gasteiger partial charge in [0.25, 0.3) is 5.91 Å². The number of halogens is 1. The minimum atomic E-state index is -0.293. The molecule has 1 saturated carbocycles. The van der Waals surface area contributed by atoms with E-state index in [2.05, 4.69) is 0 Å². The predicted octanol–water partition coefficient (Wildman–Crippen LogP) is 5.94. The molecule has 0 N–H and O–H groups in total. The number of carbonyl (C=O) groups excluding carboxylic acids is 1. The number of hydrogen-bond acceptors (Lipinski definition) is 4. The number of rotatable bonds is 5. The number of ether oxygens (including phenoxy) is 1. The summed E-state index contributed by atoms with van der Waals surface area (Å²) in [5.74, 6) is 0.299. The molecule has 1 aliphatic heterocycles. The van der Waals surface area contributed by atoms with Crippen molar-refractivity contribution in [2.75, 3.05) is 0 Å². The van der Waals surface area contributed by atoms with Gasteiger partial charge in [-0.1, -0.05) is 79.6 Å². The molecular weight excluding hydrogens is 405 g/mol. The second kappa shape index (κ2) is 9.09. The molecule has 2 aliphatic rings. The van der Waals surface area contributed by atoms with Crippen LogP contribution < -0.4 is 4.74 Å². The van der Waals surface area contributed by atoms with Crippen molar-refractivity contribution in [3.63, 3.8) is 0 Å². The number of nitrogens with zero attached hydrogens (tertiary/aromatic N) is 1. The van der Waals surface area contributed by atoms with Gasteiger partial charge in [0.15, 0.2) is 0 Å². The van der Waals surface area contributed by atoms with E-state index in [1.165, 1.54) is 24.2 Å². The van der Waals surface area contributed by atoms with Gasteiger partial charge in [-0.05, 0) is 31.1 Å². The molecule has 1 aliphatic carbocycles. The third kappa shape index (κ3) is 4.54. The zero-order chi connectivity index (χ0) is 20.2. The number of benzene rings is 2. The zero-order valence-electron chi connectivity index (χ0n) is 16.0. The van der Waals surface area contributed by atoms with E-state index in [0.717, 1.165) is 31.2 Å². The Morgan fingerprint density at radius 3 is 2.62 bits per heavy atom. The van der Waals surface area contributed by atoms with Gasteiger partial charge in [-0.3, -0.25) is 9.69 Å². The molecule has 150 valence electrons. The fourth-order valence-electron chi connectivity index (χ4n) is 3.78. The van der Waals surface area contributed by atoms with Crippen LogP contribution in [0, 0.1) is 5.82 Å². The number of hydrogen-bond donors (Lipinski definition) is 0. The van der Waals surface area contributed by atoms with E-state index in [4.69, 9.17) is 17.0 Å². The molecule has 2 fully saturated rings. The number of amides is 1. The maximum Gasteiger partial charge on any atom is 0.266 e. The molecule has 0 atom stereocenters. The lowest BCUT2D eigenvalue weighted by molar-refractivity contribution is -0.124. The van der Waals surface area contributed by atoms with Crippen LogP contribution >= 0.6 is 24.0 Å². The minimum Gasteiger partial charge on any atom is -0.488 e. The SMILES string of the molecule is O=C1/C(=C\c2ccccc2OCc2ccccc2F)SC(=S)N1C1CCCCC1. The van der Waals surface area contributed by atoms with Crippen molar-refractivity contribution in [3.05, 3.63) is 70.4 Å². The summed E-state index contributed by atoms with van der Waals surface area (Å²) < 4.78 is 20.4. The predicted molar refractivity (Wildman–Crippen MR) is 119 cm³/mol. The molecule has 3 nitrogen and oxygen atoms in total. The molecule has 1 heterocycles. The van der Waals surface area contributed by atoms with Gasteiger partial charge in [-0.15, -0.1) is 0 Å². The summed E-state index contributed by atoms with van der Waals surface area (Å²) in [7, 11) is 0. The summed E-state index contributed by atoms with van der Waals surface area (Å²) in [6.07, 6.45) is 7.39. The van der Waals surface area contributed by atoms with Gasteiger partial charge in [0.1, 0.15) is 22.5 Å². The quantitative estimate of drug-likeness (QED) is 0.436. The molecular formula is C23H22FNO2S2. The Labute approximate surface area is 179 Å². The lowest BCUT2D eigenvalue weighted by Gasteiger charge is -2.29. The number of thiocarbonyl (C=S) groups is 1. The third-order valence-electron chi connectivity index (χ3n) is 5.31. The normalized spacial score (nSPS) is 19.2. The second-order valence-electron chi connectivity index (χ2n) is 7.26. The van der Waals surface area contributed by atoms with Crippen LogP contribution in [-0.2, 0) is 11.4 Å². The third-order valence-corrected chi connectivity index (χ3v) is 6.64. The van der Waals surface area contributed by atoms with Crippen LogP contribution in [0.4, 0.5) is 4.39 Å². The van der Waals surface area contributed by atoms with Gasteiger partial charge in [0.2, 0.25) is 0 Å². The van der Waals surface area contributed by atoms with Gasteiger partial charge in [0.05, 0.1) is 4.91 Å². The van der Waals surface area contributed by atoms with E-state index < -0.39 is 0 Å². The Morgan fingerprint density at radius 1 is 1.10 bits per heavy atom. The Morgan fingerprint density at radius 2 is 1.83 bits per heavy atom. The van der Waals surface area contributed by atoms with Gasteiger partial charge in [0, 0.05) is 17.2 Å². The van der Waals surface area contributed by atoms with Crippen molar-refractivity contribution in [3.8, 4) is 5.75 Å². The van der Waals surface area contributed by atoms with E-state index in [9.17, 15) is 9.18 Å². The van der Waals surface area contributed by atoms with E-state index in [-0.39, 0.29) is 24.4 Å². The van der Waals surface area contributed by atoms with Gasteiger partial charge >= 0.3 is 0 Å². The van der Waals surface area contributed by atoms with Crippen molar-refractivity contribution in [1.82, 2.24) is 4.90 Å². The highest BCUT2D eigenvalue weighted by molar-refractivity contribution is 8.26. The van der Waals surface area contributed by atoms with Crippen molar-refractivity contribution >= 4 is 40.3 Å². The summed E-state index contributed by atoms with van der Waals surface area (Å²) >= 11 is 6.86. The van der Waals surface area contributed by atoms with Gasteiger partial charge in [-0.2, -0.15) is 0 Å². The van der Waals surface area contributed by atoms with Crippen molar-refractivity contribution < 1.29 is 13.9 Å². The van der Waals surface area contributed by atoms with Gasteiger partial charge < -0.3 is 4.74 Å². The topological polar surface area (TPSA) is 29.5 Å². The first-order chi connectivity index (χ1) is 14.1. The average molecular weight is 428 g/mol. The standard InChI is InChI=1S/C23H22FNO2S2/c24-19-12-6-4-9-17(19)15-27-20-13-7-5-8-16(20)14-21-22(26)25(23(28)29-21)18-10-2-1-3-11-18/h4-9,12-14,18H,1-3,10-11,15H2/b21-14+. The smallest absolute Gasteiger partial charge is 0.266 e. The summed E-state index contributed by atoms with van der Waals surface area (Å²) in [6.45, 7) is 0.126. The maximum absolute atomic E-state index is 13.9. The molecule has 2 aromatic rings. The first kappa shape index (κ1) is 20.1. The Bertz CT molecular complexity index is 953. The molecule has 2 aromatic carbocycles. The summed E-state index contributed by atoms with van der Waals surface area (Å²) in [4.78, 5) is 15.4. The molecule has 0 bridgehead atoms.